The van der Waals surface area contributed by atoms with Gasteiger partial charge in [-0.05, 0) is 36.8 Å². The molecule has 0 spiro atoms. The summed E-state index contributed by atoms with van der Waals surface area (Å²) in [6, 6.07) is 17.0. The van der Waals surface area contributed by atoms with Crippen molar-refractivity contribution in [1.29, 1.82) is 0 Å². The maximum atomic E-state index is 4.87. The summed E-state index contributed by atoms with van der Waals surface area (Å²) in [5.74, 6) is 0.995. The number of aromatic nitrogens is 3. The van der Waals surface area contributed by atoms with E-state index in [1.54, 1.807) is 0 Å². The highest BCUT2D eigenvalue weighted by atomic mass is 15.1. The van der Waals surface area contributed by atoms with Crippen molar-refractivity contribution in [3.05, 3.63) is 59.7 Å². The quantitative estimate of drug-likeness (QED) is 0.427. The van der Waals surface area contributed by atoms with Crippen LogP contribution in [0, 0.1) is 6.92 Å². The Labute approximate surface area is 121 Å². The van der Waals surface area contributed by atoms with E-state index < -0.39 is 0 Å². The third kappa shape index (κ3) is 1.43. The van der Waals surface area contributed by atoms with E-state index in [0.717, 1.165) is 29.1 Å². The van der Waals surface area contributed by atoms with Crippen LogP contribution in [0.25, 0.3) is 33.5 Å². The van der Waals surface area contributed by atoms with Crippen molar-refractivity contribution in [2.45, 2.75) is 13.5 Å². The van der Waals surface area contributed by atoms with Crippen LogP contribution in [0.4, 0.5) is 0 Å². The number of benzene rings is 2. The molecule has 0 saturated heterocycles. The summed E-state index contributed by atoms with van der Waals surface area (Å²) in [6.07, 6.45) is 0. The fraction of sp³-hybridized carbons (Fsp3) is 0.111. The molecule has 100 valence electrons. The number of nitrogens with zero attached hydrogens (tertiary/aromatic N) is 3. The lowest BCUT2D eigenvalue weighted by Gasteiger charge is -2.03. The minimum absolute atomic E-state index is 0.863. The first-order chi connectivity index (χ1) is 10.3. The standard InChI is InChI=1S/C18H13N3/c1-11-6-7-12-9-13-10-21-16-5-3-2-4-14(16)20-18(21)17(13)19-15(12)8-11/h2-9H,10H2,1H3. The van der Waals surface area contributed by atoms with Gasteiger partial charge in [0.25, 0.3) is 0 Å². The molecule has 0 unspecified atom stereocenters. The second-order valence-corrected chi connectivity index (χ2v) is 5.70. The molecule has 0 fully saturated rings. The number of rotatable bonds is 0. The summed E-state index contributed by atoms with van der Waals surface area (Å²) in [5, 5.41) is 1.20. The van der Waals surface area contributed by atoms with Crippen molar-refractivity contribution in [3.8, 4) is 11.5 Å². The van der Waals surface area contributed by atoms with E-state index in [-0.39, 0.29) is 0 Å². The predicted molar refractivity (Wildman–Crippen MR) is 84.3 cm³/mol. The Balaban J connectivity index is 1.85. The number of hydrogen-bond acceptors (Lipinski definition) is 2. The first kappa shape index (κ1) is 11.0. The number of aryl methyl sites for hydroxylation is 1. The fourth-order valence-electron chi connectivity index (χ4n) is 3.22. The molecule has 1 aliphatic heterocycles. The topological polar surface area (TPSA) is 30.7 Å². The molecule has 0 amide bonds. The SMILES string of the molecule is Cc1ccc2cc3c(nc2c1)-c1nc2ccccc2n1C3. The van der Waals surface area contributed by atoms with E-state index in [4.69, 9.17) is 9.97 Å². The Bertz CT molecular complexity index is 1030. The summed E-state index contributed by atoms with van der Waals surface area (Å²) in [5.41, 5.74) is 6.81. The Morgan fingerprint density at radius 2 is 1.86 bits per heavy atom. The summed E-state index contributed by atoms with van der Waals surface area (Å²) in [4.78, 5) is 9.63. The first-order valence-electron chi connectivity index (χ1n) is 7.15. The Morgan fingerprint density at radius 3 is 2.81 bits per heavy atom. The second kappa shape index (κ2) is 3.70. The van der Waals surface area contributed by atoms with Crippen molar-refractivity contribution < 1.29 is 0 Å². The van der Waals surface area contributed by atoms with E-state index in [2.05, 4.69) is 54.0 Å². The van der Waals surface area contributed by atoms with Crippen LogP contribution in [0.1, 0.15) is 11.1 Å². The van der Waals surface area contributed by atoms with Gasteiger partial charge in [0, 0.05) is 10.9 Å². The van der Waals surface area contributed by atoms with Crippen molar-refractivity contribution in [2.75, 3.05) is 0 Å². The van der Waals surface area contributed by atoms with Gasteiger partial charge in [0.05, 0.1) is 23.1 Å². The van der Waals surface area contributed by atoms with Crippen LogP contribution in [0.2, 0.25) is 0 Å². The second-order valence-electron chi connectivity index (χ2n) is 5.70. The van der Waals surface area contributed by atoms with E-state index in [0.29, 0.717) is 0 Å². The Hall–Kier alpha value is -2.68. The summed E-state index contributed by atoms with van der Waals surface area (Å²) in [7, 11) is 0. The Kier molecular flexibility index (Phi) is 1.94. The van der Waals surface area contributed by atoms with E-state index in [9.17, 15) is 0 Å². The smallest absolute Gasteiger partial charge is 0.160 e. The van der Waals surface area contributed by atoms with Gasteiger partial charge in [-0.2, -0.15) is 0 Å². The van der Waals surface area contributed by atoms with Crippen molar-refractivity contribution in [1.82, 2.24) is 14.5 Å². The normalized spacial score (nSPS) is 12.8. The molecule has 0 atom stereocenters. The minimum Gasteiger partial charge on any atom is -0.318 e. The monoisotopic (exact) mass is 271 g/mol. The molecule has 3 heterocycles. The molecule has 0 aliphatic carbocycles. The van der Waals surface area contributed by atoms with Gasteiger partial charge >= 0.3 is 0 Å². The number of hydrogen-bond donors (Lipinski definition) is 0. The number of pyridine rings is 1. The van der Waals surface area contributed by atoms with Gasteiger partial charge in [-0.15, -0.1) is 0 Å². The van der Waals surface area contributed by atoms with Crippen LogP contribution in [0.3, 0.4) is 0 Å². The lowest BCUT2D eigenvalue weighted by Crippen LogP contribution is -1.92. The van der Waals surface area contributed by atoms with E-state index >= 15 is 0 Å². The van der Waals surface area contributed by atoms with Crippen LogP contribution in [0.5, 0.6) is 0 Å². The average molecular weight is 271 g/mol. The highest BCUT2D eigenvalue weighted by Gasteiger charge is 2.24. The van der Waals surface area contributed by atoms with Gasteiger partial charge in [-0.3, -0.25) is 0 Å². The maximum Gasteiger partial charge on any atom is 0.160 e. The first-order valence-corrected chi connectivity index (χ1v) is 7.15. The number of fused-ring (bicyclic) bond motifs is 6. The molecule has 0 N–H and O–H groups in total. The molecule has 0 radical (unpaired) electrons. The fourth-order valence-corrected chi connectivity index (χ4v) is 3.22. The summed E-state index contributed by atoms with van der Waals surface area (Å²) < 4.78 is 2.26. The molecule has 0 saturated carbocycles. The third-order valence-corrected chi connectivity index (χ3v) is 4.25. The van der Waals surface area contributed by atoms with Gasteiger partial charge in [0.2, 0.25) is 0 Å². The molecule has 4 aromatic rings. The predicted octanol–water partition coefficient (Wildman–Crippen LogP) is 3.92. The van der Waals surface area contributed by atoms with Crippen molar-refractivity contribution in [2.24, 2.45) is 0 Å². The molecule has 0 bridgehead atoms. The van der Waals surface area contributed by atoms with Crippen molar-refractivity contribution >= 4 is 21.9 Å². The highest BCUT2D eigenvalue weighted by Crippen LogP contribution is 2.35. The lowest BCUT2D eigenvalue weighted by atomic mass is 10.1. The highest BCUT2D eigenvalue weighted by molar-refractivity contribution is 5.87. The van der Waals surface area contributed by atoms with Gasteiger partial charge in [-0.1, -0.05) is 24.3 Å². The number of imidazole rings is 1. The van der Waals surface area contributed by atoms with Gasteiger partial charge < -0.3 is 4.57 Å². The minimum atomic E-state index is 0.863. The molecule has 5 rings (SSSR count). The van der Waals surface area contributed by atoms with Gasteiger partial charge in [-0.25, -0.2) is 9.97 Å². The van der Waals surface area contributed by atoms with Crippen LogP contribution >= 0.6 is 0 Å². The molecular weight excluding hydrogens is 258 g/mol. The Morgan fingerprint density at radius 1 is 0.952 bits per heavy atom. The molecule has 1 aliphatic rings. The zero-order chi connectivity index (χ0) is 14.0. The lowest BCUT2D eigenvalue weighted by molar-refractivity contribution is 0.879. The summed E-state index contributed by atoms with van der Waals surface area (Å²) >= 11 is 0. The van der Waals surface area contributed by atoms with E-state index in [1.165, 1.54) is 22.0 Å². The molecular formula is C18H13N3. The largest absolute Gasteiger partial charge is 0.318 e. The molecule has 21 heavy (non-hydrogen) atoms. The van der Waals surface area contributed by atoms with E-state index in [1.807, 2.05) is 6.07 Å². The maximum absolute atomic E-state index is 4.87. The van der Waals surface area contributed by atoms with Crippen LogP contribution in [0.15, 0.2) is 48.5 Å². The summed E-state index contributed by atoms with van der Waals surface area (Å²) in [6.45, 7) is 2.96. The molecule has 3 heteroatoms. The molecule has 2 aromatic carbocycles. The third-order valence-electron chi connectivity index (χ3n) is 4.25. The van der Waals surface area contributed by atoms with Crippen LogP contribution in [-0.4, -0.2) is 14.5 Å². The number of para-hydroxylation sites is 2. The van der Waals surface area contributed by atoms with Crippen LogP contribution < -0.4 is 0 Å². The van der Waals surface area contributed by atoms with Crippen LogP contribution in [-0.2, 0) is 6.54 Å². The van der Waals surface area contributed by atoms with Gasteiger partial charge in [0.15, 0.2) is 5.82 Å². The zero-order valence-corrected chi connectivity index (χ0v) is 11.7. The molecule has 3 nitrogen and oxygen atoms in total. The van der Waals surface area contributed by atoms with Crippen molar-refractivity contribution in [3.63, 3.8) is 0 Å². The zero-order valence-electron chi connectivity index (χ0n) is 11.7. The average Bonchev–Trinajstić information content (AvgIpc) is 3.01. The molecule has 2 aromatic heterocycles. The van der Waals surface area contributed by atoms with Gasteiger partial charge in [0.1, 0.15) is 5.69 Å².